The Labute approximate surface area is 179 Å². The Bertz CT molecular complexity index is 1080. The van der Waals surface area contributed by atoms with Gasteiger partial charge in [0.05, 0.1) is 10.7 Å². The van der Waals surface area contributed by atoms with Gasteiger partial charge in [0.2, 0.25) is 11.2 Å². The van der Waals surface area contributed by atoms with Gasteiger partial charge in [-0.3, -0.25) is 9.59 Å². The Balaban J connectivity index is 1.37. The number of carbonyl (C=O) groups is 1. The highest BCUT2D eigenvalue weighted by atomic mass is 35.5. The Hall–Kier alpha value is -3.25. The average molecular weight is 425 g/mol. The lowest BCUT2D eigenvalue weighted by Gasteiger charge is -2.36. The van der Waals surface area contributed by atoms with Crippen LogP contribution in [0.2, 0.25) is 5.02 Å². The van der Waals surface area contributed by atoms with Crippen molar-refractivity contribution in [1.82, 2.24) is 4.90 Å². The molecule has 7 heteroatoms. The molecule has 2 aromatic carbocycles. The minimum absolute atomic E-state index is 0.0123. The number of benzene rings is 2. The molecule has 6 nitrogen and oxygen atoms in total. The first-order valence-electron chi connectivity index (χ1n) is 9.70. The van der Waals surface area contributed by atoms with Crippen LogP contribution in [0.5, 0.6) is 5.75 Å². The van der Waals surface area contributed by atoms with Crippen LogP contribution in [-0.2, 0) is 6.61 Å². The highest BCUT2D eigenvalue weighted by Gasteiger charge is 2.25. The third-order valence-corrected chi connectivity index (χ3v) is 5.33. The number of amides is 1. The van der Waals surface area contributed by atoms with Crippen LogP contribution in [0, 0.1) is 0 Å². The van der Waals surface area contributed by atoms with Gasteiger partial charge >= 0.3 is 0 Å². The fourth-order valence-corrected chi connectivity index (χ4v) is 3.62. The summed E-state index contributed by atoms with van der Waals surface area (Å²) in [5.74, 6) is -0.210. The lowest BCUT2D eigenvalue weighted by atomic mass is 10.2. The summed E-state index contributed by atoms with van der Waals surface area (Å²) >= 11 is 6.27. The van der Waals surface area contributed by atoms with Gasteiger partial charge < -0.3 is 19.0 Å². The molecule has 0 spiro atoms. The summed E-state index contributed by atoms with van der Waals surface area (Å²) in [7, 11) is 0. The van der Waals surface area contributed by atoms with Crippen molar-refractivity contribution in [2.75, 3.05) is 31.1 Å². The zero-order chi connectivity index (χ0) is 20.9. The fourth-order valence-electron chi connectivity index (χ4n) is 3.37. The first kappa shape index (κ1) is 20.0. The summed E-state index contributed by atoms with van der Waals surface area (Å²) < 4.78 is 10.9. The van der Waals surface area contributed by atoms with E-state index in [1.165, 1.54) is 12.3 Å². The molecule has 154 valence electrons. The van der Waals surface area contributed by atoms with Crippen molar-refractivity contribution in [2.24, 2.45) is 0 Å². The SMILES string of the molecule is O=C(c1cc(=O)c(OCc2ccccc2)co1)N1CCN(c2ccccc2Cl)CC1. The maximum Gasteiger partial charge on any atom is 0.289 e. The number of rotatable bonds is 5. The topological polar surface area (TPSA) is 63.0 Å². The van der Waals surface area contributed by atoms with Crippen molar-refractivity contribution in [3.05, 3.63) is 93.5 Å². The molecule has 1 fully saturated rings. The second-order valence-corrected chi connectivity index (χ2v) is 7.38. The molecule has 0 saturated carbocycles. The monoisotopic (exact) mass is 424 g/mol. The summed E-state index contributed by atoms with van der Waals surface area (Å²) in [6, 6.07) is 18.4. The Morgan fingerprint density at radius 2 is 1.70 bits per heavy atom. The van der Waals surface area contributed by atoms with Gasteiger partial charge in [0.25, 0.3) is 5.91 Å². The molecule has 1 saturated heterocycles. The number of para-hydroxylation sites is 1. The number of halogens is 1. The van der Waals surface area contributed by atoms with E-state index in [-0.39, 0.29) is 29.5 Å². The van der Waals surface area contributed by atoms with E-state index in [0.717, 1.165) is 11.3 Å². The van der Waals surface area contributed by atoms with Gasteiger partial charge in [-0.1, -0.05) is 54.1 Å². The molecule has 2 heterocycles. The van der Waals surface area contributed by atoms with Gasteiger partial charge in [0, 0.05) is 32.2 Å². The molecule has 0 atom stereocenters. The average Bonchev–Trinajstić information content (AvgIpc) is 2.79. The van der Waals surface area contributed by atoms with Crippen molar-refractivity contribution in [3.63, 3.8) is 0 Å². The van der Waals surface area contributed by atoms with Crippen molar-refractivity contribution in [1.29, 1.82) is 0 Å². The summed E-state index contributed by atoms with van der Waals surface area (Å²) in [6.45, 7) is 2.58. The second-order valence-electron chi connectivity index (χ2n) is 6.98. The van der Waals surface area contributed by atoms with Crippen molar-refractivity contribution in [2.45, 2.75) is 6.61 Å². The normalized spacial score (nSPS) is 13.9. The van der Waals surface area contributed by atoms with Crippen molar-refractivity contribution >= 4 is 23.2 Å². The molecule has 1 aliphatic heterocycles. The van der Waals surface area contributed by atoms with Gasteiger partial charge in [-0.05, 0) is 17.7 Å². The Morgan fingerprint density at radius 1 is 1.00 bits per heavy atom. The standard InChI is InChI=1S/C23H21ClN2O4/c24-18-8-4-5-9-19(18)25-10-12-26(13-11-25)23(28)21-14-20(27)22(16-30-21)29-15-17-6-2-1-3-7-17/h1-9,14,16H,10-13,15H2. The van der Waals surface area contributed by atoms with Crippen molar-refractivity contribution in [3.8, 4) is 5.75 Å². The zero-order valence-corrected chi connectivity index (χ0v) is 17.0. The molecule has 0 radical (unpaired) electrons. The number of piperazine rings is 1. The Morgan fingerprint density at radius 3 is 2.40 bits per heavy atom. The van der Waals surface area contributed by atoms with Crippen LogP contribution < -0.4 is 15.1 Å². The van der Waals surface area contributed by atoms with Crippen LogP contribution in [0.3, 0.4) is 0 Å². The summed E-state index contributed by atoms with van der Waals surface area (Å²) in [5.41, 5.74) is 1.52. The lowest BCUT2D eigenvalue weighted by molar-refractivity contribution is 0.0711. The molecule has 1 aliphatic rings. The maximum absolute atomic E-state index is 12.8. The van der Waals surface area contributed by atoms with Crippen LogP contribution in [-0.4, -0.2) is 37.0 Å². The van der Waals surface area contributed by atoms with E-state index >= 15 is 0 Å². The van der Waals surface area contributed by atoms with Gasteiger partial charge in [-0.2, -0.15) is 0 Å². The summed E-state index contributed by atoms with van der Waals surface area (Å²) in [5, 5.41) is 0.689. The van der Waals surface area contributed by atoms with E-state index in [2.05, 4.69) is 4.90 Å². The van der Waals surface area contributed by atoms with Crippen molar-refractivity contribution < 1.29 is 13.9 Å². The van der Waals surface area contributed by atoms with Crippen LogP contribution in [0.15, 0.2) is 76.1 Å². The van der Waals surface area contributed by atoms with Crippen LogP contribution in [0.4, 0.5) is 5.69 Å². The molecule has 0 bridgehead atoms. The fraction of sp³-hybridized carbons (Fsp3) is 0.217. The predicted octanol–water partition coefficient (Wildman–Crippen LogP) is 3.83. The molecule has 1 amide bonds. The molecule has 30 heavy (non-hydrogen) atoms. The third kappa shape index (κ3) is 4.49. The molecular weight excluding hydrogens is 404 g/mol. The van der Waals surface area contributed by atoms with E-state index in [1.54, 1.807) is 4.90 Å². The van der Waals surface area contributed by atoms with Crippen LogP contribution >= 0.6 is 11.6 Å². The highest BCUT2D eigenvalue weighted by molar-refractivity contribution is 6.33. The van der Waals surface area contributed by atoms with Crippen LogP contribution in [0.1, 0.15) is 16.1 Å². The number of hydrogen-bond acceptors (Lipinski definition) is 5. The highest BCUT2D eigenvalue weighted by Crippen LogP contribution is 2.26. The van der Waals surface area contributed by atoms with Gasteiger partial charge in [-0.15, -0.1) is 0 Å². The second kappa shape index (κ2) is 9.05. The predicted molar refractivity (Wildman–Crippen MR) is 115 cm³/mol. The van der Waals surface area contributed by atoms with E-state index in [9.17, 15) is 9.59 Å². The minimum Gasteiger partial charge on any atom is -0.482 e. The summed E-state index contributed by atoms with van der Waals surface area (Å²) in [4.78, 5) is 28.9. The third-order valence-electron chi connectivity index (χ3n) is 5.01. The van der Waals surface area contributed by atoms with E-state index < -0.39 is 0 Å². The first-order chi connectivity index (χ1) is 14.6. The van der Waals surface area contributed by atoms with Gasteiger partial charge in [0.1, 0.15) is 12.9 Å². The largest absolute Gasteiger partial charge is 0.482 e. The van der Waals surface area contributed by atoms with E-state index in [4.69, 9.17) is 20.8 Å². The number of nitrogens with zero attached hydrogens (tertiary/aromatic N) is 2. The molecule has 3 aromatic rings. The van der Waals surface area contributed by atoms with Crippen LogP contribution in [0.25, 0.3) is 0 Å². The number of anilines is 1. The Kier molecular flexibility index (Phi) is 6.05. The molecule has 1 aromatic heterocycles. The molecule has 0 unspecified atom stereocenters. The number of carbonyl (C=O) groups excluding carboxylic acids is 1. The zero-order valence-electron chi connectivity index (χ0n) is 16.3. The summed E-state index contributed by atoms with van der Waals surface area (Å²) in [6.07, 6.45) is 1.21. The van der Waals surface area contributed by atoms with E-state index in [1.807, 2.05) is 54.6 Å². The molecule has 0 N–H and O–H groups in total. The quantitative estimate of drug-likeness (QED) is 0.622. The first-order valence-corrected chi connectivity index (χ1v) is 10.1. The minimum atomic E-state index is -0.379. The number of ether oxygens (including phenoxy) is 1. The smallest absolute Gasteiger partial charge is 0.289 e. The molecule has 0 aliphatic carbocycles. The molecule has 4 rings (SSSR count). The molecular formula is C23H21ClN2O4. The van der Waals surface area contributed by atoms with Gasteiger partial charge in [-0.25, -0.2) is 0 Å². The van der Waals surface area contributed by atoms with E-state index in [0.29, 0.717) is 31.2 Å². The number of hydrogen-bond donors (Lipinski definition) is 0. The lowest BCUT2D eigenvalue weighted by Crippen LogP contribution is -2.49. The van der Waals surface area contributed by atoms with Gasteiger partial charge in [0.15, 0.2) is 5.76 Å². The maximum atomic E-state index is 12.8.